The quantitative estimate of drug-likeness (QED) is 0.336. The molecule has 0 aromatic carbocycles. The highest BCUT2D eigenvalue weighted by Crippen LogP contribution is 2.14. The molecule has 0 saturated heterocycles. The zero-order valence-corrected chi connectivity index (χ0v) is 16.8. The molecule has 0 saturated carbocycles. The van der Waals surface area contributed by atoms with E-state index in [1.807, 2.05) is 30.5 Å². The van der Waals surface area contributed by atoms with Crippen molar-refractivity contribution in [1.29, 1.82) is 0 Å². The molecule has 2 aromatic heterocycles. The predicted octanol–water partition coefficient (Wildman–Crippen LogP) is 4.20. The van der Waals surface area contributed by atoms with Crippen LogP contribution in [0.3, 0.4) is 0 Å². The summed E-state index contributed by atoms with van der Waals surface area (Å²) in [4.78, 5) is 27.9. The third-order valence-electron chi connectivity index (χ3n) is 4.69. The number of carbonyl (C=O) groups is 2. The lowest BCUT2D eigenvalue weighted by Crippen LogP contribution is -2.06. The molecular formula is C22H30N2O4. The van der Waals surface area contributed by atoms with Gasteiger partial charge in [-0.15, -0.1) is 0 Å². The van der Waals surface area contributed by atoms with Gasteiger partial charge in [0, 0.05) is 19.0 Å². The van der Waals surface area contributed by atoms with Gasteiger partial charge in [0.25, 0.3) is 0 Å². The minimum atomic E-state index is -0.313. The average Bonchev–Trinajstić information content (AvgIpc) is 3.11. The van der Waals surface area contributed by atoms with Crippen LogP contribution < -0.4 is 0 Å². The van der Waals surface area contributed by atoms with Crippen molar-refractivity contribution in [2.24, 2.45) is 0 Å². The van der Waals surface area contributed by atoms with Gasteiger partial charge in [0.05, 0.1) is 19.4 Å². The molecule has 2 aromatic rings. The van der Waals surface area contributed by atoms with Gasteiger partial charge in [-0.3, -0.25) is 14.0 Å². The zero-order valence-electron chi connectivity index (χ0n) is 16.8. The minimum absolute atomic E-state index is 0.0520. The second-order valence-electron chi connectivity index (χ2n) is 6.97. The minimum Gasteiger partial charge on any atom is -0.469 e. The fourth-order valence-corrected chi connectivity index (χ4v) is 3.03. The molecule has 0 aliphatic rings. The van der Waals surface area contributed by atoms with Crippen molar-refractivity contribution in [1.82, 2.24) is 9.38 Å². The number of pyridine rings is 1. The lowest BCUT2D eigenvalue weighted by atomic mass is 10.1. The summed E-state index contributed by atoms with van der Waals surface area (Å²) in [6.07, 6.45) is 12.8. The molecule has 152 valence electrons. The predicted molar refractivity (Wildman–Crippen MR) is 109 cm³/mol. The first-order chi connectivity index (χ1) is 13.5. The summed E-state index contributed by atoms with van der Waals surface area (Å²) in [6, 6.07) is 3.80. The van der Waals surface area contributed by atoms with E-state index in [2.05, 4.69) is 16.6 Å². The smallest absolute Gasteiger partial charge is 0.305 e. The molecule has 1 unspecified atom stereocenters. The van der Waals surface area contributed by atoms with Gasteiger partial charge in [-0.1, -0.05) is 38.3 Å². The van der Waals surface area contributed by atoms with Crippen molar-refractivity contribution in [2.75, 3.05) is 7.11 Å². The average molecular weight is 386 g/mol. The second kappa shape index (κ2) is 11.4. The Morgan fingerprint density at radius 1 is 1.25 bits per heavy atom. The summed E-state index contributed by atoms with van der Waals surface area (Å²) in [7, 11) is 1.34. The summed E-state index contributed by atoms with van der Waals surface area (Å²) >= 11 is 0. The van der Waals surface area contributed by atoms with Gasteiger partial charge in [0.1, 0.15) is 11.3 Å². The van der Waals surface area contributed by atoms with Gasteiger partial charge in [-0.05, 0) is 37.0 Å². The number of rotatable bonds is 12. The number of unbranched alkanes of at least 4 members (excludes halogenated alkanes) is 2. The number of carbonyl (C=O) groups excluding carboxylic acids is 2. The number of imidazole rings is 1. The normalized spacial score (nSPS) is 12.5. The van der Waals surface area contributed by atoms with Crippen LogP contribution in [0.1, 0.15) is 74.3 Å². The van der Waals surface area contributed by atoms with Gasteiger partial charge in [0.2, 0.25) is 0 Å². The maximum absolute atomic E-state index is 12.5. The number of hydrogen-bond acceptors (Lipinski definition) is 5. The van der Waals surface area contributed by atoms with E-state index in [0.717, 1.165) is 31.2 Å². The summed E-state index contributed by atoms with van der Waals surface area (Å²) in [5, 5.41) is 10.0. The molecule has 0 spiro atoms. The molecule has 0 amide bonds. The van der Waals surface area contributed by atoms with Crippen LogP contribution in [0, 0.1) is 0 Å². The Morgan fingerprint density at radius 2 is 2.07 bits per heavy atom. The number of esters is 1. The maximum Gasteiger partial charge on any atom is 0.305 e. The van der Waals surface area contributed by atoms with E-state index in [4.69, 9.17) is 0 Å². The Bertz CT molecular complexity index is 810. The lowest BCUT2D eigenvalue weighted by Gasteiger charge is -2.06. The molecule has 28 heavy (non-hydrogen) atoms. The first-order valence-electron chi connectivity index (χ1n) is 9.97. The number of ketones is 1. The van der Waals surface area contributed by atoms with Crippen LogP contribution in [0.15, 0.2) is 30.6 Å². The van der Waals surface area contributed by atoms with E-state index in [1.54, 1.807) is 10.6 Å². The molecule has 1 atom stereocenters. The highest BCUT2D eigenvalue weighted by molar-refractivity contribution is 5.95. The monoisotopic (exact) mass is 386 g/mol. The van der Waals surface area contributed by atoms with Crippen LogP contribution in [0.2, 0.25) is 0 Å². The Morgan fingerprint density at radius 3 is 2.82 bits per heavy atom. The molecule has 2 heterocycles. The van der Waals surface area contributed by atoms with E-state index in [1.165, 1.54) is 7.11 Å². The Kier molecular flexibility index (Phi) is 8.88. The number of Topliss-reactive ketones (excluding diaryl/α,β-unsaturated/α-hetero) is 1. The number of aliphatic hydroxyl groups is 1. The first kappa shape index (κ1) is 21.8. The third-order valence-corrected chi connectivity index (χ3v) is 4.69. The number of aliphatic hydroxyl groups excluding tert-OH is 1. The summed E-state index contributed by atoms with van der Waals surface area (Å²) in [6.45, 7) is 2.15. The maximum atomic E-state index is 12.5. The highest BCUT2D eigenvalue weighted by atomic mass is 16.5. The van der Waals surface area contributed by atoms with Crippen LogP contribution in [0.5, 0.6) is 0 Å². The molecule has 0 aliphatic carbocycles. The number of aromatic nitrogens is 2. The lowest BCUT2D eigenvalue weighted by molar-refractivity contribution is -0.140. The topological polar surface area (TPSA) is 80.9 Å². The van der Waals surface area contributed by atoms with Crippen molar-refractivity contribution >= 4 is 23.5 Å². The molecule has 6 nitrogen and oxygen atoms in total. The van der Waals surface area contributed by atoms with Crippen molar-refractivity contribution < 1.29 is 19.4 Å². The van der Waals surface area contributed by atoms with Crippen molar-refractivity contribution in [2.45, 2.75) is 64.4 Å². The van der Waals surface area contributed by atoms with Crippen molar-refractivity contribution in [3.63, 3.8) is 0 Å². The summed E-state index contributed by atoms with van der Waals surface area (Å²) in [5.41, 5.74) is 2.15. The fourth-order valence-electron chi connectivity index (χ4n) is 3.03. The second-order valence-corrected chi connectivity index (χ2v) is 6.97. The number of hydrogen-bond donors (Lipinski definition) is 1. The largest absolute Gasteiger partial charge is 0.469 e. The Labute approximate surface area is 166 Å². The van der Waals surface area contributed by atoms with Gasteiger partial charge in [-0.2, -0.15) is 0 Å². The van der Waals surface area contributed by atoms with E-state index in [0.29, 0.717) is 24.2 Å². The molecule has 0 fully saturated rings. The molecule has 6 heteroatoms. The zero-order chi connectivity index (χ0) is 20.4. The van der Waals surface area contributed by atoms with Crippen LogP contribution in [0.4, 0.5) is 0 Å². The van der Waals surface area contributed by atoms with E-state index in [-0.39, 0.29) is 30.7 Å². The SMILES string of the molecule is CCCCCC(O)C/C=C/c1ccc2ncc(C(=O)CCCC(=O)OC)n2c1. The fraction of sp³-hybridized carbons (Fsp3) is 0.500. The van der Waals surface area contributed by atoms with Crippen molar-refractivity contribution in [3.05, 3.63) is 41.9 Å². The summed E-state index contributed by atoms with van der Waals surface area (Å²) < 4.78 is 6.37. The Hall–Kier alpha value is -2.47. The number of fused-ring (bicyclic) bond motifs is 1. The molecular weight excluding hydrogens is 356 g/mol. The van der Waals surface area contributed by atoms with Crippen LogP contribution in [-0.2, 0) is 9.53 Å². The molecule has 0 bridgehead atoms. The number of methoxy groups -OCH3 is 1. The van der Waals surface area contributed by atoms with Crippen molar-refractivity contribution in [3.8, 4) is 0 Å². The van der Waals surface area contributed by atoms with Crippen LogP contribution in [-0.4, -0.2) is 39.5 Å². The third kappa shape index (κ3) is 6.60. The van der Waals surface area contributed by atoms with Crippen LogP contribution in [0.25, 0.3) is 11.7 Å². The standard InChI is InChI=1S/C22H30N2O4/c1-3-4-5-9-18(25)10-6-8-17-13-14-21-23-15-19(24(21)16-17)20(26)11-7-12-22(27)28-2/h6,8,13-16,18,25H,3-5,7,9-12H2,1-2H3/b8-6+. The molecule has 0 radical (unpaired) electrons. The van der Waals surface area contributed by atoms with E-state index < -0.39 is 0 Å². The van der Waals surface area contributed by atoms with E-state index in [9.17, 15) is 14.7 Å². The van der Waals surface area contributed by atoms with E-state index >= 15 is 0 Å². The molecule has 2 rings (SSSR count). The number of nitrogens with zero attached hydrogens (tertiary/aromatic N) is 2. The molecule has 0 aliphatic heterocycles. The van der Waals surface area contributed by atoms with Gasteiger partial charge in [0.15, 0.2) is 5.78 Å². The van der Waals surface area contributed by atoms with Gasteiger partial charge >= 0.3 is 5.97 Å². The first-order valence-corrected chi connectivity index (χ1v) is 9.97. The highest BCUT2D eigenvalue weighted by Gasteiger charge is 2.13. The van der Waals surface area contributed by atoms with Gasteiger partial charge in [-0.25, -0.2) is 4.98 Å². The Balaban J connectivity index is 1.98. The molecule has 1 N–H and O–H groups in total. The van der Waals surface area contributed by atoms with Gasteiger partial charge < -0.3 is 9.84 Å². The van der Waals surface area contributed by atoms with Crippen LogP contribution >= 0.6 is 0 Å². The summed E-state index contributed by atoms with van der Waals surface area (Å²) in [5.74, 6) is -0.362. The number of ether oxygens (including phenoxy) is 1.